The molecule has 5 rings (SSSR count). The number of hydrogen-bond donors (Lipinski definition) is 3. The van der Waals surface area contributed by atoms with Crippen LogP contribution in [0.1, 0.15) is 28.8 Å². The maximum atomic E-state index is 13.5. The van der Waals surface area contributed by atoms with Crippen molar-refractivity contribution in [3.8, 4) is 22.8 Å². The predicted molar refractivity (Wildman–Crippen MR) is 154 cm³/mol. The van der Waals surface area contributed by atoms with E-state index in [1.54, 1.807) is 48.5 Å². The number of anilines is 1. The maximum Gasteiger partial charge on any atom is 0.586 e. The number of rotatable bonds is 16. The molecule has 3 aromatic rings. The molecule has 0 spiro atoms. The number of ether oxygens (including phenoxy) is 5. The molecule has 1 aliphatic carbocycles. The third-order valence-electron chi connectivity index (χ3n) is 7.05. The van der Waals surface area contributed by atoms with Crippen LogP contribution in [0.2, 0.25) is 0 Å². The van der Waals surface area contributed by atoms with Crippen LogP contribution in [0.3, 0.4) is 0 Å². The Hall–Kier alpha value is -4.66. The van der Waals surface area contributed by atoms with Crippen molar-refractivity contribution >= 4 is 23.6 Å². The highest BCUT2D eigenvalue weighted by molar-refractivity contribution is 6.01. The van der Waals surface area contributed by atoms with Gasteiger partial charge in [-0.15, -0.1) is 8.78 Å². The number of nitrogens with one attached hydrogen (secondary N) is 2. The minimum absolute atomic E-state index is 0.0837. The SMILES string of the molecule is O=C(O)COCCOCCOCCNC(=O)c1cccc(-c2cccc(NC(=O)C3(c4ccc5c(c4)OC(F)(F)O5)CC3)n2)c1. The average Bonchev–Trinajstić information content (AvgIpc) is 3.77. The van der Waals surface area contributed by atoms with E-state index in [0.717, 1.165) is 0 Å². The zero-order valence-corrected chi connectivity index (χ0v) is 24.1. The van der Waals surface area contributed by atoms with Crippen molar-refractivity contribution in [1.82, 2.24) is 10.3 Å². The van der Waals surface area contributed by atoms with Crippen LogP contribution in [0.15, 0.2) is 60.7 Å². The van der Waals surface area contributed by atoms with Crippen LogP contribution in [0.25, 0.3) is 11.3 Å². The molecule has 0 saturated heterocycles. The normalized spacial score (nSPS) is 15.3. The number of aliphatic carboxylic acids is 1. The summed E-state index contributed by atoms with van der Waals surface area (Å²) in [6.45, 7) is 1.21. The molecule has 238 valence electrons. The summed E-state index contributed by atoms with van der Waals surface area (Å²) in [7, 11) is 0. The fourth-order valence-electron chi connectivity index (χ4n) is 4.68. The van der Waals surface area contributed by atoms with Gasteiger partial charge in [-0.2, -0.15) is 0 Å². The van der Waals surface area contributed by atoms with Crippen LogP contribution < -0.4 is 20.1 Å². The van der Waals surface area contributed by atoms with Crippen LogP contribution in [-0.2, 0) is 29.2 Å². The molecule has 2 heterocycles. The highest BCUT2D eigenvalue weighted by Gasteiger charge is 2.53. The van der Waals surface area contributed by atoms with Gasteiger partial charge in [-0.1, -0.05) is 24.3 Å². The highest BCUT2D eigenvalue weighted by atomic mass is 19.3. The lowest BCUT2D eigenvalue weighted by Crippen LogP contribution is -2.28. The van der Waals surface area contributed by atoms with Gasteiger partial charge in [-0.3, -0.25) is 9.59 Å². The van der Waals surface area contributed by atoms with Gasteiger partial charge in [-0.25, -0.2) is 9.78 Å². The molecule has 0 unspecified atom stereocenters. The molecule has 1 saturated carbocycles. The maximum absolute atomic E-state index is 13.5. The number of alkyl halides is 2. The Morgan fingerprint density at radius 2 is 1.58 bits per heavy atom. The van der Waals surface area contributed by atoms with Crippen molar-refractivity contribution in [1.29, 1.82) is 0 Å². The molecule has 3 N–H and O–H groups in total. The minimum atomic E-state index is -3.74. The number of carbonyl (C=O) groups excluding carboxylic acids is 2. The van der Waals surface area contributed by atoms with Gasteiger partial charge in [0.1, 0.15) is 12.4 Å². The zero-order valence-electron chi connectivity index (χ0n) is 24.1. The topological polar surface area (TPSA) is 155 Å². The second-order valence-electron chi connectivity index (χ2n) is 10.3. The molecule has 1 aromatic heterocycles. The summed E-state index contributed by atoms with van der Waals surface area (Å²) in [5.41, 5.74) is 1.28. The number of carboxylic acid groups (broad SMARTS) is 1. The molecular weight excluding hydrogens is 596 g/mol. The van der Waals surface area contributed by atoms with Crippen molar-refractivity contribution in [3.05, 3.63) is 71.8 Å². The molecule has 12 nitrogen and oxygen atoms in total. The monoisotopic (exact) mass is 627 g/mol. The van der Waals surface area contributed by atoms with E-state index < -0.39 is 17.7 Å². The molecule has 45 heavy (non-hydrogen) atoms. The second-order valence-corrected chi connectivity index (χ2v) is 10.3. The van der Waals surface area contributed by atoms with Crippen molar-refractivity contribution in [2.45, 2.75) is 24.6 Å². The van der Waals surface area contributed by atoms with Gasteiger partial charge >= 0.3 is 12.3 Å². The summed E-state index contributed by atoms with van der Waals surface area (Å²) in [6, 6.07) is 16.4. The summed E-state index contributed by atoms with van der Waals surface area (Å²) in [5, 5.41) is 14.1. The lowest BCUT2D eigenvalue weighted by molar-refractivity contribution is -0.286. The molecule has 0 atom stereocenters. The third-order valence-corrected chi connectivity index (χ3v) is 7.05. The van der Waals surface area contributed by atoms with Gasteiger partial charge in [0.05, 0.1) is 44.1 Å². The zero-order chi connectivity index (χ0) is 31.9. The van der Waals surface area contributed by atoms with Crippen LogP contribution in [0.4, 0.5) is 14.6 Å². The van der Waals surface area contributed by atoms with E-state index in [9.17, 15) is 23.2 Å². The van der Waals surface area contributed by atoms with Crippen molar-refractivity contribution in [2.75, 3.05) is 51.5 Å². The van der Waals surface area contributed by atoms with Gasteiger partial charge in [0.15, 0.2) is 11.5 Å². The molecule has 1 aliphatic heterocycles. The lowest BCUT2D eigenvalue weighted by Gasteiger charge is -2.16. The first kappa shape index (κ1) is 31.8. The van der Waals surface area contributed by atoms with Gasteiger partial charge in [0.2, 0.25) is 5.91 Å². The average molecular weight is 628 g/mol. The Morgan fingerprint density at radius 3 is 2.33 bits per heavy atom. The number of carboxylic acids is 1. The number of pyridine rings is 1. The van der Waals surface area contributed by atoms with E-state index in [0.29, 0.717) is 54.3 Å². The molecule has 14 heteroatoms. The van der Waals surface area contributed by atoms with Crippen LogP contribution in [0.5, 0.6) is 11.5 Å². The Bertz CT molecular complexity index is 1550. The Kier molecular flexibility index (Phi) is 9.86. The van der Waals surface area contributed by atoms with E-state index in [1.807, 2.05) is 0 Å². The van der Waals surface area contributed by atoms with Gasteiger partial charge < -0.3 is 39.4 Å². The van der Waals surface area contributed by atoms with E-state index in [4.69, 9.17) is 19.3 Å². The van der Waals surface area contributed by atoms with Crippen LogP contribution in [0, 0.1) is 0 Å². The first-order valence-corrected chi connectivity index (χ1v) is 14.2. The Labute approximate surface area is 256 Å². The second kappa shape index (κ2) is 14.0. The lowest BCUT2D eigenvalue weighted by atomic mass is 9.94. The number of carbonyl (C=O) groups is 3. The Balaban J connectivity index is 1.10. The molecule has 2 aromatic carbocycles. The minimum Gasteiger partial charge on any atom is -0.480 e. The number of fused-ring (bicyclic) bond motifs is 1. The first-order chi connectivity index (χ1) is 21.6. The van der Waals surface area contributed by atoms with Crippen molar-refractivity contribution in [2.24, 2.45) is 0 Å². The van der Waals surface area contributed by atoms with Gasteiger partial charge in [-0.05, 0) is 54.8 Å². The molecular formula is C31H31F2N3O9. The van der Waals surface area contributed by atoms with E-state index in [-0.39, 0.29) is 56.3 Å². The summed E-state index contributed by atoms with van der Waals surface area (Å²) in [6.07, 6.45) is -2.66. The van der Waals surface area contributed by atoms with Gasteiger partial charge in [0.25, 0.3) is 5.91 Å². The fraction of sp³-hybridized carbons (Fsp3) is 0.355. The smallest absolute Gasteiger partial charge is 0.480 e. The largest absolute Gasteiger partial charge is 0.586 e. The van der Waals surface area contributed by atoms with Crippen LogP contribution in [-0.4, -0.2) is 80.4 Å². The summed E-state index contributed by atoms with van der Waals surface area (Å²) in [5.74, 6) is -1.54. The summed E-state index contributed by atoms with van der Waals surface area (Å²) < 4.78 is 51.5. The summed E-state index contributed by atoms with van der Waals surface area (Å²) in [4.78, 5) is 40.9. The predicted octanol–water partition coefficient (Wildman–Crippen LogP) is 3.60. The molecule has 0 radical (unpaired) electrons. The third kappa shape index (κ3) is 8.29. The number of nitrogens with zero attached hydrogens (tertiary/aromatic N) is 1. The van der Waals surface area contributed by atoms with Crippen LogP contribution >= 0.6 is 0 Å². The Morgan fingerprint density at radius 1 is 0.867 bits per heavy atom. The number of benzene rings is 2. The number of halogens is 2. The highest BCUT2D eigenvalue weighted by Crippen LogP contribution is 2.52. The fourth-order valence-corrected chi connectivity index (χ4v) is 4.68. The summed E-state index contributed by atoms with van der Waals surface area (Å²) >= 11 is 0. The van der Waals surface area contributed by atoms with E-state index in [1.165, 1.54) is 12.1 Å². The van der Waals surface area contributed by atoms with E-state index >= 15 is 0 Å². The molecule has 2 aliphatic rings. The molecule has 0 bridgehead atoms. The molecule has 2 amide bonds. The quantitative estimate of drug-likeness (QED) is 0.201. The number of aromatic nitrogens is 1. The standard InChI is InChI=1S/C31H31F2N3O9/c32-31(33)44-24-8-7-22(18-25(24)45-31)30(9-10-30)29(40)36-26-6-2-5-23(35-26)20-3-1-4-21(17-20)28(39)34-11-12-41-13-14-42-15-16-43-19-27(37)38/h1-8,17-18H,9-16,19H2,(H,34,39)(H,37,38)(H,35,36,40). The van der Waals surface area contributed by atoms with Gasteiger partial charge in [0, 0.05) is 17.7 Å². The van der Waals surface area contributed by atoms with E-state index in [2.05, 4.69) is 25.1 Å². The molecule has 1 fully saturated rings. The van der Waals surface area contributed by atoms with Crippen molar-refractivity contribution in [3.63, 3.8) is 0 Å². The number of hydrogen-bond acceptors (Lipinski definition) is 9. The first-order valence-electron chi connectivity index (χ1n) is 14.2. The van der Waals surface area contributed by atoms with Crippen molar-refractivity contribution < 1.29 is 52.0 Å². The number of amides is 2.